The molecular formula is C17H24N2O3. The molecule has 3 aliphatic rings. The summed E-state index contributed by atoms with van der Waals surface area (Å²) in [6.07, 6.45) is 4.86. The average molecular weight is 304 g/mol. The van der Waals surface area contributed by atoms with Gasteiger partial charge in [0.2, 0.25) is 5.91 Å². The molecule has 0 unspecified atom stereocenters. The van der Waals surface area contributed by atoms with E-state index >= 15 is 0 Å². The molecule has 2 saturated heterocycles. The summed E-state index contributed by atoms with van der Waals surface area (Å²) in [5.74, 6) is 2.00. The summed E-state index contributed by atoms with van der Waals surface area (Å²) >= 11 is 0. The highest BCUT2D eigenvalue weighted by Crippen LogP contribution is 2.44. The van der Waals surface area contributed by atoms with E-state index in [4.69, 9.17) is 4.42 Å². The monoisotopic (exact) mass is 304 g/mol. The Balaban J connectivity index is 1.46. The Labute approximate surface area is 130 Å². The number of likely N-dealkylation sites (tertiary alicyclic amines) is 2. The summed E-state index contributed by atoms with van der Waals surface area (Å²) < 4.78 is 5.44. The van der Waals surface area contributed by atoms with Crippen LogP contribution < -0.4 is 0 Å². The zero-order valence-corrected chi connectivity index (χ0v) is 12.9. The first-order valence-corrected chi connectivity index (χ1v) is 8.34. The fraction of sp³-hybridized carbons (Fsp3) is 0.706. The molecule has 2 atom stereocenters. The predicted molar refractivity (Wildman–Crippen MR) is 80.9 cm³/mol. The molecule has 0 aromatic carbocycles. The van der Waals surface area contributed by atoms with Gasteiger partial charge >= 0.3 is 0 Å². The van der Waals surface area contributed by atoms with Crippen molar-refractivity contribution in [2.24, 2.45) is 17.3 Å². The highest BCUT2D eigenvalue weighted by atomic mass is 16.3. The number of fused-ring (bicyclic) bond motifs is 1. The van der Waals surface area contributed by atoms with E-state index in [1.165, 1.54) is 0 Å². The van der Waals surface area contributed by atoms with Gasteiger partial charge in [0.1, 0.15) is 5.76 Å². The standard InChI is InChI=1S/C17H24N2O3/c20-12-17-10-18(9-15-2-1-7-22-15)6-5-14(17)8-19(11-17)16(21)13-3-4-13/h1-2,7,13-14,20H,3-6,8-12H2/t14-,17+/m0/s1. The van der Waals surface area contributed by atoms with Gasteiger partial charge in [0, 0.05) is 31.0 Å². The van der Waals surface area contributed by atoms with Crippen molar-refractivity contribution >= 4 is 5.91 Å². The molecule has 120 valence electrons. The molecule has 5 heteroatoms. The van der Waals surface area contributed by atoms with E-state index in [0.29, 0.717) is 11.8 Å². The third-order valence-corrected chi connectivity index (χ3v) is 5.66. The minimum Gasteiger partial charge on any atom is -0.468 e. The van der Waals surface area contributed by atoms with E-state index in [-0.39, 0.29) is 17.9 Å². The molecule has 1 amide bonds. The maximum Gasteiger partial charge on any atom is 0.225 e. The first kappa shape index (κ1) is 14.3. The molecule has 1 saturated carbocycles. The summed E-state index contributed by atoms with van der Waals surface area (Å²) in [7, 11) is 0. The molecule has 3 fully saturated rings. The molecular weight excluding hydrogens is 280 g/mol. The van der Waals surface area contributed by atoms with Crippen molar-refractivity contribution in [1.82, 2.24) is 9.80 Å². The topological polar surface area (TPSA) is 56.9 Å². The largest absolute Gasteiger partial charge is 0.468 e. The van der Waals surface area contributed by atoms with Crippen LogP contribution in [0.2, 0.25) is 0 Å². The number of carbonyl (C=O) groups excluding carboxylic acids is 1. The number of hydrogen-bond donors (Lipinski definition) is 1. The number of rotatable bonds is 4. The Morgan fingerprint density at radius 1 is 1.36 bits per heavy atom. The number of piperidine rings is 1. The first-order chi connectivity index (χ1) is 10.7. The van der Waals surface area contributed by atoms with E-state index < -0.39 is 0 Å². The lowest BCUT2D eigenvalue weighted by atomic mass is 9.74. The van der Waals surface area contributed by atoms with Crippen LogP contribution in [0.3, 0.4) is 0 Å². The summed E-state index contributed by atoms with van der Waals surface area (Å²) in [6, 6.07) is 3.91. The Morgan fingerprint density at radius 3 is 2.91 bits per heavy atom. The minimum atomic E-state index is -0.143. The fourth-order valence-electron chi connectivity index (χ4n) is 4.22. The van der Waals surface area contributed by atoms with Crippen molar-refractivity contribution in [3.63, 3.8) is 0 Å². The van der Waals surface area contributed by atoms with Gasteiger partial charge < -0.3 is 14.4 Å². The van der Waals surface area contributed by atoms with Gasteiger partial charge in [0.15, 0.2) is 0 Å². The molecule has 1 aliphatic carbocycles. The van der Waals surface area contributed by atoms with Crippen LogP contribution in [-0.2, 0) is 11.3 Å². The van der Waals surface area contributed by atoms with Gasteiger partial charge in [-0.05, 0) is 43.9 Å². The highest BCUT2D eigenvalue weighted by molar-refractivity contribution is 5.81. The summed E-state index contributed by atoms with van der Waals surface area (Å²) in [5, 5.41) is 10.1. The van der Waals surface area contributed by atoms with Gasteiger partial charge in [-0.1, -0.05) is 0 Å². The SMILES string of the molecule is O=C(C1CC1)N1C[C@@H]2CCN(Cc3ccco3)C[C@]2(CO)C1. The van der Waals surface area contributed by atoms with Gasteiger partial charge in [-0.2, -0.15) is 0 Å². The van der Waals surface area contributed by atoms with Crippen molar-refractivity contribution < 1.29 is 14.3 Å². The van der Waals surface area contributed by atoms with E-state index in [1.54, 1.807) is 6.26 Å². The maximum absolute atomic E-state index is 12.4. The van der Waals surface area contributed by atoms with Crippen molar-refractivity contribution in [3.05, 3.63) is 24.2 Å². The van der Waals surface area contributed by atoms with Crippen LogP contribution in [0, 0.1) is 17.3 Å². The minimum absolute atomic E-state index is 0.143. The number of aliphatic hydroxyl groups excluding tert-OH is 1. The molecule has 1 aromatic heterocycles. The molecule has 1 N–H and O–H groups in total. The second kappa shape index (κ2) is 5.39. The average Bonchev–Trinajstić information content (AvgIpc) is 3.12. The highest BCUT2D eigenvalue weighted by Gasteiger charge is 2.51. The van der Waals surface area contributed by atoms with Crippen molar-refractivity contribution in [1.29, 1.82) is 0 Å². The molecule has 0 radical (unpaired) electrons. The smallest absolute Gasteiger partial charge is 0.225 e. The number of hydrogen-bond acceptors (Lipinski definition) is 4. The van der Waals surface area contributed by atoms with Crippen LogP contribution in [0.4, 0.5) is 0 Å². The Hall–Kier alpha value is -1.33. The van der Waals surface area contributed by atoms with E-state index in [9.17, 15) is 9.90 Å². The predicted octanol–water partition coefficient (Wildman–Crippen LogP) is 1.33. The summed E-state index contributed by atoms with van der Waals surface area (Å²) in [4.78, 5) is 16.7. The van der Waals surface area contributed by atoms with E-state index in [0.717, 1.165) is 57.7 Å². The molecule has 22 heavy (non-hydrogen) atoms. The molecule has 1 aromatic rings. The summed E-state index contributed by atoms with van der Waals surface area (Å²) in [6.45, 7) is 4.38. The van der Waals surface area contributed by atoms with Crippen LogP contribution in [0.1, 0.15) is 25.0 Å². The normalized spacial score (nSPS) is 32.2. The molecule has 0 bridgehead atoms. The Morgan fingerprint density at radius 2 is 2.23 bits per heavy atom. The molecule has 2 aliphatic heterocycles. The van der Waals surface area contributed by atoms with Crippen molar-refractivity contribution in [2.75, 3.05) is 32.8 Å². The van der Waals surface area contributed by atoms with Crippen LogP contribution in [-0.4, -0.2) is 53.6 Å². The number of aliphatic hydroxyl groups is 1. The van der Waals surface area contributed by atoms with Gasteiger partial charge in [-0.3, -0.25) is 9.69 Å². The number of furan rings is 1. The van der Waals surface area contributed by atoms with Gasteiger partial charge in [-0.25, -0.2) is 0 Å². The van der Waals surface area contributed by atoms with E-state index in [1.807, 2.05) is 17.0 Å². The van der Waals surface area contributed by atoms with Crippen LogP contribution in [0.25, 0.3) is 0 Å². The number of nitrogens with zero attached hydrogens (tertiary/aromatic N) is 2. The molecule has 3 heterocycles. The molecule has 4 rings (SSSR count). The third kappa shape index (κ3) is 2.46. The van der Waals surface area contributed by atoms with Gasteiger partial charge in [0.25, 0.3) is 0 Å². The van der Waals surface area contributed by atoms with Crippen molar-refractivity contribution in [3.8, 4) is 0 Å². The second-order valence-corrected chi connectivity index (χ2v) is 7.29. The first-order valence-electron chi connectivity index (χ1n) is 8.34. The zero-order valence-electron chi connectivity index (χ0n) is 12.9. The Kier molecular flexibility index (Phi) is 3.50. The van der Waals surface area contributed by atoms with Gasteiger partial charge in [0.05, 0.1) is 19.4 Å². The van der Waals surface area contributed by atoms with E-state index in [2.05, 4.69) is 4.90 Å². The number of carbonyl (C=O) groups is 1. The lowest BCUT2D eigenvalue weighted by molar-refractivity contribution is -0.132. The van der Waals surface area contributed by atoms with Gasteiger partial charge in [-0.15, -0.1) is 0 Å². The Bertz CT molecular complexity index is 540. The molecule has 5 nitrogen and oxygen atoms in total. The van der Waals surface area contributed by atoms with Crippen LogP contribution in [0.15, 0.2) is 22.8 Å². The lowest BCUT2D eigenvalue weighted by Crippen LogP contribution is -2.50. The summed E-state index contributed by atoms with van der Waals surface area (Å²) in [5.41, 5.74) is -0.143. The zero-order chi connectivity index (χ0) is 15.2. The van der Waals surface area contributed by atoms with Crippen molar-refractivity contribution in [2.45, 2.75) is 25.8 Å². The van der Waals surface area contributed by atoms with Crippen LogP contribution in [0.5, 0.6) is 0 Å². The third-order valence-electron chi connectivity index (χ3n) is 5.66. The second-order valence-electron chi connectivity index (χ2n) is 7.29. The molecule has 0 spiro atoms. The number of amides is 1. The maximum atomic E-state index is 12.4. The lowest BCUT2D eigenvalue weighted by Gasteiger charge is -2.42. The fourth-order valence-corrected chi connectivity index (χ4v) is 4.22. The van der Waals surface area contributed by atoms with Crippen LogP contribution >= 0.6 is 0 Å². The quantitative estimate of drug-likeness (QED) is 0.912.